The van der Waals surface area contributed by atoms with E-state index in [9.17, 15) is 13.2 Å². The molecule has 9 heteroatoms. The fraction of sp³-hybridized carbons (Fsp3) is 0.133. The van der Waals surface area contributed by atoms with Crippen molar-refractivity contribution in [3.8, 4) is 11.5 Å². The zero-order chi connectivity index (χ0) is 27.5. The summed E-state index contributed by atoms with van der Waals surface area (Å²) in [7, 11) is -2.49. The molecule has 0 heterocycles. The molecule has 0 aliphatic carbocycles. The first kappa shape index (κ1) is 27.6. The second-order valence-corrected chi connectivity index (χ2v) is 10.5. The highest BCUT2D eigenvalue weighted by molar-refractivity contribution is 7.89. The molecule has 0 atom stereocenters. The van der Waals surface area contributed by atoms with Crippen molar-refractivity contribution in [2.24, 2.45) is 5.10 Å². The van der Waals surface area contributed by atoms with Crippen LogP contribution in [0.1, 0.15) is 16.7 Å². The van der Waals surface area contributed by atoms with Crippen LogP contribution in [0, 0.1) is 0 Å². The lowest BCUT2D eigenvalue weighted by molar-refractivity contribution is -0.121. The number of amides is 1. The average molecular weight is 544 g/mol. The minimum atomic E-state index is -3.99. The Morgan fingerprint density at radius 1 is 0.846 bits per heavy atom. The van der Waals surface area contributed by atoms with Gasteiger partial charge in [0.25, 0.3) is 5.91 Å². The first-order valence-electron chi connectivity index (χ1n) is 12.2. The van der Waals surface area contributed by atoms with Crippen molar-refractivity contribution in [3.63, 3.8) is 0 Å². The fourth-order valence-corrected chi connectivity index (χ4v) is 5.12. The van der Waals surface area contributed by atoms with Crippen LogP contribution in [-0.2, 0) is 28.0 Å². The summed E-state index contributed by atoms with van der Waals surface area (Å²) in [5, 5.41) is 4.05. The number of methoxy groups -OCH3 is 1. The molecule has 0 aromatic heterocycles. The van der Waals surface area contributed by atoms with Gasteiger partial charge in [0.05, 0.1) is 24.8 Å². The Balaban J connectivity index is 1.45. The summed E-state index contributed by atoms with van der Waals surface area (Å²) in [5.74, 6) is 0.553. The van der Waals surface area contributed by atoms with E-state index >= 15 is 0 Å². The number of para-hydroxylation sites is 1. The van der Waals surface area contributed by atoms with E-state index in [4.69, 9.17) is 9.47 Å². The van der Waals surface area contributed by atoms with E-state index in [1.54, 1.807) is 24.3 Å². The van der Waals surface area contributed by atoms with Gasteiger partial charge in [0, 0.05) is 12.1 Å². The van der Waals surface area contributed by atoms with E-state index in [-0.39, 0.29) is 11.4 Å². The molecule has 1 N–H and O–H groups in total. The van der Waals surface area contributed by atoms with E-state index in [2.05, 4.69) is 10.5 Å². The number of nitrogens with zero attached hydrogens (tertiary/aromatic N) is 2. The number of hydrazone groups is 1. The van der Waals surface area contributed by atoms with Crippen LogP contribution < -0.4 is 14.9 Å². The molecule has 0 fully saturated rings. The molecule has 200 valence electrons. The van der Waals surface area contributed by atoms with Crippen LogP contribution in [0.25, 0.3) is 0 Å². The zero-order valence-corrected chi connectivity index (χ0v) is 22.3. The number of ether oxygens (including phenoxy) is 2. The standard InChI is InChI=1S/C30H29N3O5S/c1-37-27-16-18-28(19-17-27)39(35,36)33(21-24-10-4-2-5-11-24)22-30(34)32-31-20-26-14-8-9-15-29(26)38-23-25-12-6-3-7-13-25/h2-20H,21-23H2,1H3,(H,32,34)/b31-20-. The zero-order valence-electron chi connectivity index (χ0n) is 21.4. The lowest BCUT2D eigenvalue weighted by Gasteiger charge is -2.21. The number of sulfonamides is 1. The van der Waals surface area contributed by atoms with Gasteiger partial charge < -0.3 is 9.47 Å². The molecule has 0 saturated carbocycles. The van der Waals surface area contributed by atoms with Crippen LogP contribution in [-0.4, -0.2) is 38.5 Å². The number of benzene rings is 4. The lowest BCUT2D eigenvalue weighted by atomic mass is 10.2. The smallest absolute Gasteiger partial charge is 0.255 e. The van der Waals surface area contributed by atoms with Gasteiger partial charge in [-0.25, -0.2) is 13.8 Å². The van der Waals surface area contributed by atoms with Crippen molar-refractivity contribution in [3.05, 3.63) is 126 Å². The Kier molecular flexibility index (Phi) is 9.44. The predicted octanol–water partition coefficient (Wildman–Crippen LogP) is 4.62. The molecule has 0 radical (unpaired) electrons. The van der Waals surface area contributed by atoms with Crippen molar-refractivity contribution < 1.29 is 22.7 Å². The molecule has 8 nitrogen and oxygen atoms in total. The Labute approximate surface area is 228 Å². The van der Waals surface area contributed by atoms with Crippen LogP contribution in [0.3, 0.4) is 0 Å². The minimum absolute atomic E-state index is 0.0164. The Morgan fingerprint density at radius 3 is 2.13 bits per heavy atom. The number of nitrogens with one attached hydrogen (secondary N) is 1. The average Bonchev–Trinajstić information content (AvgIpc) is 2.97. The monoisotopic (exact) mass is 543 g/mol. The highest BCUT2D eigenvalue weighted by Gasteiger charge is 2.27. The van der Waals surface area contributed by atoms with Crippen LogP contribution in [0.4, 0.5) is 0 Å². The summed E-state index contributed by atoms with van der Waals surface area (Å²) < 4.78 is 39.1. The first-order valence-corrected chi connectivity index (χ1v) is 13.7. The van der Waals surface area contributed by atoms with Gasteiger partial charge >= 0.3 is 0 Å². The quantitative estimate of drug-likeness (QED) is 0.208. The Bertz CT molecular complexity index is 1490. The molecule has 0 bridgehead atoms. The van der Waals surface area contributed by atoms with Crippen molar-refractivity contribution in [1.82, 2.24) is 9.73 Å². The Hall–Kier alpha value is -4.47. The van der Waals surface area contributed by atoms with Gasteiger partial charge in [0.1, 0.15) is 18.1 Å². The topological polar surface area (TPSA) is 97.3 Å². The van der Waals surface area contributed by atoms with Gasteiger partial charge in [-0.15, -0.1) is 0 Å². The number of hydrogen-bond donors (Lipinski definition) is 1. The normalized spacial score (nSPS) is 11.4. The maximum absolute atomic E-state index is 13.5. The molecule has 0 unspecified atom stereocenters. The summed E-state index contributed by atoms with van der Waals surface area (Å²) in [4.78, 5) is 12.9. The van der Waals surface area contributed by atoms with E-state index in [0.717, 1.165) is 15.4 Å². The van der Waals surface area contributed by atoms with Crippen LogP contribution in [0.2, 0.25) is 0 Å². The summed E-state index contributed by atoms with van der Waals surface area (Å²) >= 11 is 0. The molecule has 0 aliphatic heterocycles. The third-order valence-electron chi connectivity index (χ3n) is 5.77. The molecule has 39 heavy (non-hydrogen) atoms. The van der Waals surface area contributed by atoms with Crippen LogP contribution in [0.5, 0.6) is 11.5 Å². The predicted molar refractivity (Wildman–Crippen MR) is 150 cm³/mol. The van der Waals surface area contributed by atoms with Crippen molar-refractivity contribution in [1.29, 1.82) is 0 Å². The number of carbonyl (C=O) groups is 1. The molecular formula is C30H29N3O5S. The van der Waals surface area contributed by atoms with Gasteiger partial charge in [-0.05, 0) is 47.5 Å². The third kappa shape index (κ3) is 7.76. The molecular weight excluding hydrogens is 514 g/mol. The Morgan fingerprint density at radius 2 is 1.46 bits per heavy atom. The largest absolute Gasteiger partial charge is 0.497 e. The van der Waals surface area contributed by atoms with E-state index in [0.29, 0.717) is 23.7 Å². The number of carbonyl (C=O) groups excluding carboxylic acids is 1. The van der Waals surface area contributed by atoms with Gasteiger partial charge in [0.2, 0.25) is 10.0 Å². The molecule has 4 rings (SSSR count). The maximum atomic E-state index is 13.5. The maximum Gasteiger partial charge on any atom is 0.255 e. The summed E-state index contributed by atoms with van der Waals surface area (Å²) in [5.41, 5.74) is 4.87. The highest BCUT2D eigenvalue weighted by atomic mass is 32.2. The van der Waals surface area contributed by atoms with Crippen LogP contribution >= 0.6 is 0 Å². The first-order chi connectivity index (χ1) is 19.0. The van der Waals surface area contributed by atoms with E-state index in [1.807, 2.05) is 72.8 Å². The lowest BCUT2D eigenvalue weighted by Crippen LogP contribution is -2.39. The second-order valence-electron chi connectivity index (χ2n) is 8.54. The van der Waals surface area contributed by atoms with Gasteiger partial charge in [-0.1, -0.05) is 72.8 Å². The van der Waals surface area contributed by atoms with Gasteiger partial charge in [-0.2, -0.15) is 9.41 Å². The van der Waals surface area contributed by atoms with Crippen molar-refractivity contribution >= 4 is 22.1 Å². The summed E-state index contributed by atoms with van der Waals surface area (Å²) in [6.07, 6.45) is 1.47. The molecule has 0 saturated heterocycles. The highest BCUT2D eigenvalue weighted by Crippen LogP contribution is 2.21. The summed E-state index contributed by atoms with van der Waals surface area (Å²) in [6.45, 7) is -0.0229. The molecule has 1 amide bonds. The number of rotatable bonds is 12. The molecule has 0 aliphatic rings. The third-order valence-corrected chi connectivity index (χ3v) is 7.57. The fourth-order valence-electron chi connectivity index (χ4n) is 3.73. The minimum Gasteiger partial charge on any atom is -0.497 e. The van der Waals surface area contributed by atoms with Crippen LogP contribution in [0.15, 0.2) is 119 Å². The number of hydrogen-bond acceptors (Lipinski definition) is 6. The van der Waals surface area contributed by atoms with E-state index in [1.165, 1.54) is 25.5 Å². The summed E-state index contributed by atoms with van der Waals surface area (Å²) in [6, 6.07) is 32.2. The van der Waals surface area contributed by atoms with Gasteiger partial charge in [0.15, 0.2) is 0 Å². The molecule has 4 aromatic carbocycles. The van der Waals surface area contributed by atoms with Crippen molar-refractivity contribution in [2.45, 2.75) is 18.0 Å². The molecule has 4 aromatic rings. The van der Waals surface area contributed by atoms with E-state index < -0.39 is 22.5 Å². The second kappa shape index (κ2) is 13.4. The van der Waals surface area contributed by atoms with Crippen molar-refractivity contribution in [2.75, 3.05) is 13.7 Å². The molecule has 0 spiro atoms. The van der Waals surface area contributed by atoms with Gasteiger partial charge in [-0.3, -0.25) is 4.79 Å². The SMILES string of the molecule is COc1ccc(S(=O)(=O)N(CC(=O)N/N=C\c2ccccc2OCc2ccccc2)Cc2ccccc2)cc1.